The molecule has 3 heteroatoms. The van der Waals surface area contributed by atoms with E-state index in [4.69, 9.17) is 4.42 Å². The fraction of sp³-hybridized carbons (Fsp3) is 0. The Kier molecular flexibility index (Phi) is 4.32. The van der Waals surface area contributed by atoms with Crippen molar-refractivity contribution in [2.75, 3.05) is 0 Å². The molecule has 208 valence electrons. The van der Waals surface area contributed by atoms with Gasteiger partial charge in [-0.3, -0.25) is 0 Å². The summed E-state index contributed by atoms with van der Waals surface area (Å²) >= 11 is 0. The number of hydrogen-bond donors (Lipinski definition) is 0. The van der Waals surface area contributed by atoms with Crippen molar-refractivity contribution >= 4 is 81.8 Å². The summed E-state index contributed by atoms with van der Waals surface area (Å²) in [6, 6.07) is 52.9. The monoisotopic (exact) mass is 572 g/mol. The van der Waals surface area contributed by atoms with E-state index in [0.29, 0.717) is 0 Å². The zero-order valence-corrected chi connectivity index (χ0v) is 24.2. The highest BCUT2D eigenvalue weighted by atomic mass is 16.3. The average molecular weight is 573 g/mol. The molecular formula is C42H24N2O. The summed E-state index contributed by atoms with van der Waals surface area (Å²) < 4.78 is 11.1. The van der Waals surface area contributed by atoms with Gasteiger partial charge in [0, 0.05) is 54.8 Å². The molecule has 0 bridgehead atoms. The van der Waals surface area contributed by atoms with Crippen LogP contribution in [0.4, 0.5) is 0 Å². The molecule has 0 aliphatic heterocycles. The smallest absolute Gasteiger partial charge is 0.137 e. The molecule has 0 aliphatic carbocycles. The fourth-order valence-electron chi connectivity index (χ4n) is 7.90. The number of nitrogens with zero attached hydrogens (tertiary/aromatic N) is 2. The third-order valence-corrected chi connectivity index (χ3v) is 9.83. The molecule has 11 aromatic rings. The van der Waals surface area contributed by atoms with E-state index in [0.717, 1.165) is 27.6 Å². The summed E-state index contributed by atoms with van der Waals surface area (Å²) in [5, 5.41) is 9.95. The van der Waals surface area contributed by atoms with Gasteiger partial charge in [0.2, 0.25) is 0 Å². The maximum Gasteiger partial charge on any atom is 0.137 e. The molecule has 0 fully saturated rings. The van der Waals surface area contributed by atoms with Crippen LogP contribution in [0.15, 0.2) is 150 Å². The number of aromatic nitrogens is 2. The van der Waals surface area contributed by atoms with E-state index in [1.165, 1.54) is 71.0 Å². The summed E-state index contributed by atoms with van der Waals surface area (Å²) in [6.45, 7) is 0. The van der Waals surface area contributed by atoms with E-state index in [-0.39, 0.29) is 0 Å². The van der Waals surface area contributed by atoms with Crippen molar-refractivity contribution in [2.24, 2.45) is 0 Å². The van der Waals surface area contributed by atoms with E-state index in [1.54, 1.807) is 0 Å². The Bertz CT molecular complexity index is 2900. The van der Waals surface area contributed by atoms with Gasteiger partial charge in [0.15, 0.2) is 0 Å². The van der Waals surface area contributed by atoms with Crippen LogP contribution in [0.2, 0.25) is 0 Å². The van der Waals surface area contributed by atoms with Gasteiger partial charge in [-0.25, -0.2) is 0 Å². The molecule has 0 amide bonds. The van der Waals surface area contributed by atoms with Crippen molar-refractivity contribution in [1.82, 2.24) is 8.97 Å². The van der Waals surface area contributed by atoms with Crippen LogP contribution in [-0.4, -0.2) is 8.97 Å². The molecule has 0 saturated carbocycles. The van der Waals surface area contributed by atoms with E-state index < -0.39 is 0 Å². The topological polar surface area (TPSA) is 22.5 Å². The molecule has 0 radical (unpaired) electrons. The maximum atomic E-state index is 6.32. The predicted octanol–water partition coefficient (Wildman–Crippen LogP) is 11.5. The Morgan fingerprint density at radius 3 is 1.64 bits per heavy atom. The Balaban J connectivity index is 1.21. The van der Waals surface area contributed by atoms with Crippen LogP contribution < -0.4 is 0 Å². The molecule has 3 nitrogen and oxygen atoms in total. The van der Waals surface area contributed by atoms with Gasteiger partial charge in [0.05, 0.1) is 27.6 Å². The van der Waals surface area contributed by atoms with Crippen LogP contribution in [0.1, 0.15) is 0 Å². The quantitative estimate of drug-likeness (QED) is 0.202. The first-order chi connectivity index (χ1) is 22.3. The van der Waals surface area contributed by atoms with Gasteiger partial charge in [0.25, 0.3) is 0 Å². The van der Waals surface area contributed by atoms with Crippen molar-refractivity contribution in [3.05, 3.63) is 146 Å². The van der Waals surface area contributed by atoms with Crippen molar-refractivity contribution in [3.8, 4) is 16.8 Å². The second-order valence-electron chi connectivity index (χ2n) is 12.2. The Morgan fingerprint density at radius 2 is 0.911 bits per heavy atom. The van der Waals surface area contributed by atoms with Crippen LogP contribution in [0.5, 0.6) is 0 Å². The van der Waals surface area contributed by atoms with Gasteiger partial charge in [-0.15, -0.1) is 0 Å². The predicted molar refractivity (Wildman–Crippen MR) is 188 cm³/mol. The van der Waals surface area contributed by atoms with Gasteiger partial charge in [-0.1, -0.05) is 84.9 Å². The zero-order valence-electron chi connectivity index (χ0n) is 24.2. The lowest BCUT2D eigenvalue weighted by Gasteiger charge is -2.10. The Morgan fingerprint density at radius 1 is 0.356 bits per heavy atom. The largest absolute Gasteiger partial charge is 0.456 e. The molecule has 45 heavy (non-hydrogen) atoms. The maximum absolute atomic E-state index is 6.32. The minimum atomic E-state index is 0.902. The summed E-state index contributed by atoms with van der Waals surface area (Å²) in [5.74, 6) is 0. The van der Waals surface area contributed by atoms with E-state index in [1.807, 2.05) is 12.1 Å². The van der Waals surface area contributed by atoms with E-state index in [2.05, 4.69) is 142 Å². The minimum absolute atomic E-state index is 0.902. The standard InChI is InChI=1S/C42H24N2O/c1-5-13-36-28(9-1)31-19-17-25(23-39(31)43(36)27-18-20-33-32-12-4-8-16-40(32)45-41(33)24-27)26-21-34-29-10-2-6-14-37(29)44-38-15-7-3-11-30(38)35(22-26)42(34)44/h1-24H. The number of para-hydroxylation sites is 4. The number of furan rings is 1. The lowest BCUT2D eigenvalue weighted by molar-refractivity contribution is 0.668. The summed E-state index contributed by atoms with van der Waals surface area (Å²) in [5.41, 5.74) is 11.5. The van der Waals surface area contributed by atoms with Gasteiger partial charge in [-0.2, -0.15) is 0 Å². The highest BCUT2D eigenvalue weighted by molar-refractivity contribution is 6.24. The van der Waals surface area contributed by atoms with Crippen molar-refractivity contribution < 1.29 is 4.42 Å². The van der Waals surface area contributed by atoms with E-state index in [9.17, 15) is 0 Å². The third kappa shape index (κ3) is 2.99. The molecule has 7 aromatic carbocycles. The number of hydrogen-bond acceptors (Lipinski definition) is 1. The average Bonchev–Trinajstić information content (AvgIpc) is 3.83. The zero-order chi connectivity index (χ0) is 29.2. The molecular weight excluding hydrogens is 548 g/mol. The highest BCUT2D eigenvalue weighted by Gasteiger charge is 2.20. The summed E-state index contributed by atoms with van der Waals surface area (Å²) in [7, 11) is 0. The van der Waals surface area contributed by atoms with Gasteiger partial charge < -0.3 is 13.4 Å². The van der Waals surface area contributed by atoms with Crippen molar-refractivity contribution in [2.45, 2.75) is 0 Å². The van der Waals surface area contributed by atoms with Crippen LogP contribution in [-0.2, 0) is 0 Å². The third-order valence-electron chi connectivity index (χ3n) is 9.83. The van der Waals surface area contributed by atoms with E-state index >= 15 is 0 Å². The lowest BCUT2D eigenvalue weighted by atomic mass is 9.98. The molecule has 0 spiro atoms. The summed E-state index contributed by atoms with van der Waals surface area (Å²) in [4.78, 5) is 0. The van der Waals surface area contributed by atoms with Crippen molar-refractivity contribution in [1.29, 1.82) is 0 Å². The molecule has 0 unspecified atom stereocenters. The molecule has 0 atom stereocenters. The molecule has 11 rings (SSSR count). The molecule has 0 N–H and O–H groups in total. The fourth-order valence-corrected chi connectivity index (χ4v) is 7.90. The SMILES string of the molecule is c1ccc2c(c1)oc1cc(-n3c4ccccc4c4ccc(-c5cc6c7ccccc7n7c8ccccc8c(c5)c67)cc43)ccc12. The van der Waals surface area contributed by atoms with Crippen LogP contribution in [0.25, 0.3) is 98.7 Å². The van der Waals surface area contributed by atoms with Crippen LogP contribution in [0.3, 0.4) is 0 Å². The van der Waals surface area contributed by atoms with Crippen LogP contribution in [0, 0.1) is 0 Å². The number of fused-ring (bicyclic) bond motifs is 12. The normalized spacial score (nSPS) is 12.4. The van der Waals surface area contributed by atoms with Gasteiger partial charge in [0.1, 0.15) is 11.2 Å². The van der Waals surface area contributed by atoms with Crippen LogP contribution >= 0.6 is 0 Å². The Hall–Kier alpha value is -6.06. The van der Waals surface area contributed by atoms with Gasteiger partial charge in [-0.05, 0) is 65.7 Å². The Labute approximate surface area is 257 Å². The second-order valence-corrected chi connectivity index (χ2v) is 12.2. The van der Waals surface area contributed by atoms with Crippen molar-refractivity contribution in [3.63, 3.8) is 0 Å². The first-order valence-electron chi connectivity index (χ1n) is 15.4. The first-order valence-corrected chi connectivity index (χ1v) is 15.4. The minimum Gasteiger partial charge on any atom is -0.456 e. The summed E-state index contributed by atoms with van der Waals surface area (Å²) in [6.07, 6.45) is 0. The number of rotatable bonds is 2. The molecule has 4 heterocycles. The molecule has 0 saturated heterocycles. The lowest BCUT2D eigenvalue weighted by Crippen LogP contribution is -1.93. The molecule has 0 aliphatic rings. The first kappa shape index (κ1) is 23.4. The number of benzene rings is 7. The molecule has 4 aromatic heterocycles. The van der Waals surface area contributed by atoms with Gasteiger partial charge >= 0.3 is 0 Å². The highest BCUT2D eigenvalue weighted by Crippen LogP contribution is 2.43. The second kappa shape index (κ2) is 8.31.